The van der Waals surface area contributed by atoms with Crippen LogP contribution in [0.15, 0.2) is 0 Å². The highest BCUT2D eigenvalue weighted by atomic mass is 16.6. The van der Waals surface area contributed by atoms with Crippen LogP contribution < -0.4 is 5.32 Å². The number of ether oxygens (including phenoxy) is 4. The van der Waals surface area contributed by atoms with Crippen molar-refractivity contribution in [3.05, 3.63) is 0 Å². The molecule has 2 heterocycles. The Bertz CT molecular complexity index is 620. The van der Waals surface area contributed by atoms with Gasteiger partial charge in [-0.1, -0.05) is 6.92 Å². The van der Waals surface area contributed by atoms with Crippen LogP contribution in [0.3, 0.4) is 0 Å². The standard InChI is InChI=1S/C20H35NO11/c1-4-10-17(25)18(26)14(32-19(10)20(27)28)8-30-6-11-12(5-22)31-13(7-29-3)15(16(11)24)21-9(2)23/h10-19,22,24-26H,4-8H2,1-3H3,(H,21,23)(H,27,28). The maximum atomic E-state index is 11.6. The zero-order valence-corrected chi connectivity index (χ0v) is 18.5. The molecule has 186 valence electrons. The van der Waals surface area contributed by atoms with Gasteiger partial charge in [0.1, 0.15) is 18.3 Å². The third-order valence-corrected chi connectivity index (χ3v) is 6.10. The van der Waals surface area contributed by atoms with Crippen molar-refractivity contribution in [2.24, 2.45) is 11.8 Å². The minimum atomic E-state index is -1.35. The summed E-state index contributed by atoms with van der Waals surface area (Å²) in [5, 5.41) is 53.2. The number of carboxylic acid groups (broad SMARTS) is 1. The number of hydrogen-bond acceptors (Lipinski definition) is 10. The number of carbonyl (C=O) groups excluding carboxylic acids is 1. The number of methoxy groups -OCH3 is 1. The molecule has 0 aliphatic carbocycles. The molecule has 2 fully saturated rings. The molecule has 32 heavy (non-hydrogen) atoms. The smallest absolute Gasteiger partial charge is 0.333 e. The van der Waals surface area contributed by atoms with E-state index in [0.717, 1.165) is 0 Å². The molecule has 0 bridgehead atoms. The van der Waals surface area contributed by atoms with Gasteiger partial charge in [-0.05, 0) is 6.42 Å². The fourth-order valence-corrected chi connectivity index (χ4v) is 4.40. The lowest BCUT2D eigenvalue weighted by atomic mass is 9.84. The largest absolute Gasteiger partial charge is 0.479 e. The highest BCUT2D eigenvalue weighted by molar-refractivity contribution is 5.73. The van der Waals surface area contributed by atoms with E-state index in [2.05, 4.69) is 5.32 Å². The van der Waals surface area contributed by atoms with Gasteiger partial charge in [0, 0.05) is 25.9 Å². The second kappa shape index (κ2) is 12.2. The van der Waals surface area contributed by atoms with Crippen LogP contribution in [-0.2, 0) is 28.5 Å². The lowest BCUT2D eigenvalue weighted by Crippen LogP contribution is -2.63. The number of rotatable bonds is 10. The van der Waals surface area contributed by atoms with Gasteiger partial charge in [0.05, 0.1) is 50.8 Å². The fourth-order valence-electron chi connectivity index (χ4n) is 4.40. The average Bonchev–Trinajstić information content (AvgIpc) is 2.74. The van der Waals surface area contributed by atoms with Crippen molar-refractivity contribution in [2.75, 3.05) is 33.5 Å². The average molecular weight is 465 g/mol. The molecule has 2 rings (SSSR count). The van der Waals surface area contributed by atoms with E-state index in [4.69, 9.17) is 18.9 Å². The van der Waals surface area contributed by atoms with E-state index >= 15 is 0 Å². The van der Waals surface area contributed by atoms with Gasteiger partial charge in [0.2, 0.25) is 5.91 Å². The molecular weight excluding hydrogens is 430 g/mol. The number of carboxylic acids is 1. The third kappa shape index (κ3) is 6.14. The molecule has 0 aromatic carbocycles. The van der Waals surface area contributed by atoms with Crippen LogP contribution in [0.25, 0.3) is 0 Å². The number of carbonyl (C=O) groups is 2. The van der Waals surface area contributed by atoms with E-state index in [0.29, 0.717) is 6.42 Å². The topological polar surface area (TPSA) is 184 Å². The number of aliphatic hydroxyl groups excluding tert-OH is 4. The van der Waals surface area contributed by atoms with Gasteiger partial charge >= 0.3 is 5.97 Å². The van der Waals surface area contributed by atoms with E-state index in [-0.39, 0.29) is 25.7 Å². The van der Waals surface area contributed by atoms with Crippen molar-refractivity contribution in [3.63, 3.8) is 0 Å². The predicted molar refractivity (Wildman–Crippen MR) is 108 cm³/mol. The van der Waals surface area contributed by atoms with E-state index in [1.165, 1.54) is 14.0 Å². The normalized spacial score (nSPS) is 40.1. The minimum Gasteiger partial charge on any atom is -0.479 e. The monoisotopic (exact) mass is 465 g/mol. The van der Waals surface area contributed by atoms with Crippen molar-refractivity contribution in [2.45, 2.75) is 69.0 Å². The van der Waals surface area contributed by atoms with Crippen LogP contribution in [0.2, 0.25) is 0 Å². The molecule has 0 spiro atoms. The second-order valence-electron chi connectivity index (χ2n) is 8.26. The summed E-state index contributed by atoms with van der Waals surface area (Å²) in [6, 6.07) is -0.802. The minimum absolute atomic E-state index is 0.0846. The Labute approximate surface area is 186 Å². The molecule has 6 N–H and O–H groups in total. The molecule has 2 aliphatic heterocycles. The summed E-state index contributed by atoms with van der Waals surface area (Å²) < 4.78 is 22.0. The van der Waals surface area contributed by atoms with Gasteiger partial charge in [-0.25, -0.2) is 4.79 Å². The number of amides is 1. The summed E-state index contributed by atoms with van der Waals surface area (Å²) in [7, 11) is 1.45. The first kappa shape index (κ1) is 26.9. The Balaban J connectivity index is 2.04. The van der Waals surface area contributed by atoms with Crippen molar-refractivity contribution in [3.8, 4) is 0 Å². The van der Waals surface area contributed by atoms with Crippen LogP contribution in [-0.4, -0.2) is 120 Å². The van der Waals surface area contributed by atoms with Gasteiger partial charge in [0.25, 0.3) is 0 Å². The van der Waals surface area contributed by atoms with Crippen molar-refractivity contribution >= 4 is 11.9 Å². The van der Waals surface area contributed by atoms with E-state index in [1.807, 2.05) is 0 Å². The molecule has 12 nitrogen and oxygen atoms in total. The van der Waals surface area contributed by atoms with Gasteiger partial charge in [0.15, 0.2) is 6.10 Å². The maximum Gasteiger partial charge on any atom is 0.333 e. The van der Waals surface area contributed by atoms with Crippen LogP contribution in [0.5, 0.6) is 0 Å². The first-order valence-electron chi connectivity index (χ1n) is 10.7. The highest BCUT2D eigenvalue weighted by Crippen LogP contribution is 2.30. The Morgan fingerprint density at radius 1 is 0.938 bits per heavy atom. The zero-order chi connectivity index (χ0) is 24.0. The van der Waals surface area contributed by atoms with Crippen molar-refractivity contribution in [1.29, 1.82) is 0 Å². The third-order valence-electron chi connectivity index (χ3n) is 6.10. The van der Waals surface area contributed by atoms with Gasteiger partial charge in [-0.3, -0.25) is 4.79 Å². The number of hydrogen-bond donors (Lipinski definition) is 6. The summed E-state index contributed by atoms with van der Waals surface area (Å²) in [4.78, 5) is 23.1. The van der Waals surface area contributed by atoms with Gasteiger partial charge in [-0.15, -0.1) is 0 Å². The van der Waals surface area contributed by atoms with E-state index in [9.17, 15) is 35.1 Å². The number of nitrogens with one attached hydrogen (secondary N) is 1. The number of aliphatic hydroxyl groups is 4. The van der Waals surface area contributed by atoms with E-state index < -0.39 is 73.2 Å². The summed E-state index contributed by atoms with van der Waals surface area (Å²) in [5.74, 6) is -3.12. The van der Waals surface area contributed by atoms with Crippen molar-refractivity contribution < 1.29 is 54.1 Å². The molecule has 10 atom stereocenters. The number of aliphatic carboxylic acids is 1. The molecule has 10 unspecified atom stereocenters. The molecule has 0 saturated carbocycles. The fraction of sp³-hybridized carbons (Fsp3) is 0.900. The van der Waals surface area contributed by atoms with Crippen LogP contribution in [0.1, 0.15) is 20.3 Å². The second-order valence-corrected chi connectivity index (χ2v) is 8.26. The molecule has 0 aromatic rings. The molecule has 0 aromatic heterocycles. The van der Waals surface area contributed by atoms with E-state index in [1.54, 1.807) is 6.92 Å². The molecular formula is C20H35NO11. The Morgan fingerprint density at radius 3 is 2.16 bits per heavy atom. The highest BCUT2D eigenvalue weighted by Gasteiger charge is 2.48. The lowest BCUT2D eigenvalue weighted by Gasteiger charge is -2.45. The summed E-state index contributed by atoms with van der Waals surface area (Å²) in [5.41, 5.74) is 0. The zero-order valence-electron chi connectivity index (χ0n) is 18.5. The Hall–Kier alpha value is -1.38. The van der Waals surface area contributed by atoms with Crippen LogP contribution >= 0.6 is 0 Å². The first-order chi connectivity index (χ1) is 15.2. The molecule has 2 saturated heterocycles. The quantitative estimate of drug-likeness (QED) is 0.200. The Kier molecular flexibility index (Phi) is 10.2. The molecule has 2 aliphatic rings. The molecule has 1 amide bonds. The van der Waals surface area contributed by atoms with Gasteiger partial charge in [-0.2, -0.15) is 0 Å². The lowest BCUT2D eigenvalue weighted by molar-refractivity contribution is -0.227. The molecule has 12 heteroatoms. The van der Waals surface area contributed by atoms with Crippen LogP contribution in [0.4, 0.5) is 0 Å². The predicted octanol–water partition coefficient (Wildman–Crippen LogP) is -2.51. The summed E-state index contributed by atoms with van der Waals surface area (Å²) in [6.45, 7) is 2.26. The van der Waals surface area contributed by atoms with Crippen LogP contribution in [0, 0.1) is 11.8 Å². The van der Waals surface area contributed by atoms with Crippen molar-refractivity contribution in [1.82, 2.24) is 5.32 Å². The first-order valence-corrected chi connectivity index (χ1v) is 10.7. The summed E-state index contributed by atoms with van der Waals surface area (Å²) in [6.07, 6.45) is -7.37. The maximum absolute atomic E-state index is 11.6. The van der Waals surface area contributed by atoms with Gasteiger partial charge < -0.3 is 49.8 Å². The molecule has 0 radical (unpaired) electrons. The summed E-state index contributed by atoms with van der Waals surface area (Å²) >= 11 is 0. The Morgan fingerprint density at radius 2 is 1.62 bits per heavy atom. The SMILES string of the molecule is CCC1C(C(=O)O)OC(COCC2C(CO)OC(COC)C(NC(C)=O)C2O)C(O)C1O.